The Kier molecular flexibility index (Phi) is 4.50. The summed E-state index contributed by atoms with van der Waals surface area (Å²) in [6, 6.07) is 7.08. The molecule has 0 saturated heterocycles. The normalized spacial score (nSPS) is 12.6. The number of Topliss-reactive ketones (excluding diaryl/α,β-unsaturated/α-hetero) is 1. The highest BCUT2D eigenvalue weighted by Gasteiger charge is 2.14. The molecule has 1 aromatic rings. The number of methoxy groups -OCH3 is 1. The number of nitrogens with two attached hydrogens (primary N) is 1. The summed E-state index contributed by atoms with van der Waals surface area (Å²) < 4.78 is 5.07. The van der Waals surface area contributed by atoms with Crippen LogP contribution in [0.1, 0.15) is 30.6 Å². The number of carbonyl (C=O) groups is 1. The van der Waals surface area contributed by atoms with E-state index >= 15 is 0 Å². The Morgan fingerprint density at radius 3 is 2.69 bits per heavy atom. The summed E-state index contributed by atoms with van der Waals surface area (Å²) in [7, 11) is 1.59. The van der Waals surface area contributed by atoms with E-state index in [4.69, 9.17) is 10.5 Å². The molecule has 0 fully saturated rings. The molecule has 0 aliphatic heterocycles. The zero-order chi connectivity index (χ0) is 12.1. The first-order chi connectivity index (χ1) is 7.54. The zero-order valence-corrected chi connectivity index (χ0v) is 10.1. The molecule has 3 nitrogen and oxygen atoms in total. The highest BCUT2D eigenvalue weighted by molar-refractivity contribution is 5.96. The van der Waals surface area contributed by atoms with Crippen LogP contribution in [0.2, 0.25) is 0 Å². The monoisotopic (exact) mass is 221 g/mol. The standard InChI is InChI=1S/C13H19NO2/c1-9(2)12(14)8-13(15)10-5-4-6-11(7-10)16-3/h4-7,9,12H,8,14H2,1-3H3. The molecule has 1 unspecified atom stereocenters. The van der Waals surface area contributed by atoms with Gasteiger partial charge in [-0.1, -0.05) is 26.0 Å². The van der Waals surface area contributed by atoms with Gasteiger partial charge in [0.15, 0.2) is 5.78 Å². The van der Waals surface area contributed by atoms with Gasteiger partial charge in [0, 0.05) is 18.0 Å². The van der Waals surface area contributed by atoms with Gasteiger partial charge in [0.1, 0.15) is 5.75 Å². The van der Waals surface area contributed by atoms with Crippen LogP contribution in [-0.4, -0.2) is 18.9 Å². The minimum Gasteiger partial charge on any atom is -0.497 e. The smallest absolute Gasteiger partial charge is 0.164 e. The fraction of sp³-hybridized carbons (Fsp3) is 0.462. The number of hydrogen-bond acceptors (Lipinski definition) is 3. The topological polar surface area (TPSA) is 52.3 Å². The van der Waals surface area contributed by atoms with E-state index in [1.165, 1.54) is 0 Å². The number of benzene rings is 1. The van der Waals surface area contributed by atoms with E-state index in [-0.39, 0.29) is 11.8 Å². The van der Waals surface area contributed by atoms with E-state index in [1.807, 2.05) is 26.0 Å². The third kappa shape index (κ3) is 3.35. The fourth-order valence-electron chi connectivity index (χ4n) is 1.36. The van der Waals surface area contributed by atoms with Crippen LogP contribution in [0.5, 0.6) is 5.75 Å². The predicted octanol–water partition coefficient (Wildman–Crippen LogP) is 2.25. The van der Waals surface area contributed by atoms with Crippen molar-refractivity contribution in [3.05, 3.63) is 29.8 Å². The number of ether oxygens (including phenoxy) is 1. The maximum absolute atomic E-state index is 11.9. The van der Waals surface area contributed by atoms with Crippen molar-refractivity contribution in [3.63, 3.8) is 0 Å². The van der Waals surface area contributed by atoms with Crippen molar-refractivity contribution in [3.8, 4) is 5.75 Å². The summed E-state index contributed by atoms with van der Waals surface area (Å²) in [6.07, 6.45) is 0.380. The molecule has 0 aromatic heterocycles. The van der Waals surface area contributed by atoms with Crippen molar-refractivity contribution in [1.29, 1.82) is 0 Å². The first-order valence-corrected chi connectivity index (χ1v) is 5.47. The van der Waals surface area contributed by atoms with Crippen LogP contribution in [0.25, 0.3) is 0 Å². The van der Waals surface area contributed by atoms with Crippen molar-refractivity contribution >= 4 is 5.78 Å². The molecule has 0 aliphatic carbocycles. The second-order valence-corrected chi connectivity index (χ2v) is 4.27. The van der Waals surface area contributed by atoms with Crippen LogP contribution < -0.4 is 10.5 Å². The van der Waals surface area contributed by atoms with Crippen LogP contribution >= 0.6 is 0 Å². The fourth-order valence-corrected chi connectivity index (χ4v) is 1.36. The molecule has 0 amide bonds. The van der Waals surface area contributed by atoms with Crippen molar-refractivity contribution in [2.75, 3.05) is 7.11 Å². The molecule has 2 N–H and O–H groups in total. The number of ketones is 1. The van der Waals surface area contributed by atoms with Gasteiger partial charge in [-0.2, -0.15) is 0 Å². The summed E-state index contributed by atoms with van der Waals surface area (Å²) in [5.74, 6) is 1.08. The Balaban J connectivity index is 2.72. The molecule has 3 heteroatoms. The second-order valence-electron chi connectivity index (χ2n) is 4.27. The van der Waals surface area contributed by atoms with Crippen LogP contribution in [-0.2, 0) is 0 Å². The summed E-state index contributed by atoms with van der Waals surface area (Å²) in [5.41, 5.74) is 6.54. The zero-order valence-electron chi connectivity index (χ0n) is 10.1. The van der Waals surface area contributed by atoms with Gasteiger partial charge < -0.3 is 10.5 Å². The lowest BCUT2D eigenvalue weighted by molar-refractivity contribution is 0.0967. The first kappa shape index (κ1) is 12.7. The van der Waals surface area contributed by atoms with Gasteiger partial charge in [-0.3, -0.25) is 4.79 Å². The van der Waals surface area contributed by atoms with E-state index < -0.39 is 0 Å². The van der Waals surface area contributed by atoms with Gasteiger partial charge >= 0.3 is 0 Å². The van der Waals surface area contributed by atoms with E-state index in [1.54, 1.807) is 19.2 Å². The van der Waals surface area contributed by atoms with E-state index in [0.717, 1.165) is 0 Å². The van der Waals surface area contributed by atoms with Crippen LogP contribution in [0.15, 0.2) is 24.3 Å². The summed E-state index contributed by atoms with van der Waals surface area (Å²) in [6.45, 7) is 4.03. The highest BCUT2D eigenvalue weighted by atomic mass is 16.5. The maximum atomic E-state index is 11.9. The van der Waals surface area contributed by atoms with Gasteiger partial charge in [0.05, 0.1) is 7.11 Å². The van der Waals surface area contributed by atoms with Crippen LogP contribution in [0.4, 0.5) is 0 Å². The molecule has 16 heavy (non-hydrogen) atoms. The van der Waals surface area contributed by atoms with Gasteiger partial charge in [0.25, 0.3) is 0 Å². The average Bonchev–Trinajstić information content (AvgIpc) is 2.28. The third-order valence-corrected chi connectivity index (χ3v) is 2.67. The SMILES string of the molecule is COc1cccc(C(=O)CC(N)C(C)C)c1. The lowest BCUT2D eigenvalue weighted by atomic mass is 9.96. The molecule has 88 valence electrons. The second kappa shape index (κ2) is 5.66. The number of rotatable bonds is 5. The quantitative estimate of drug-likeness (QED) is 0.776. The Morgan fingerprint density at radius 2 is 2.12 bits per heavy atom. The van der Waals surface area contributed by atoms with Gasteiger partial charge in [-0.05, 0) is 18.1 Å². The van der Waals surface area contributed by atoms with Crippen LogP contribution in [0, 0.1) is 5.92 Å². The molecule has 0 spiro atoms. The van der Waals surface area contributed by atoms with Crippen molar-refractivity contribution < 1.29 is 9.53 Å². The Hall–Kier alpha value is -1.35. The molecule has 0 saturated carbocycles. The third-order valence-electron chi connectivity index (χ3n) is 2.67. The Morgan fingerprint density at radius 1 is 1.44 bits per heavy atom. The van der Waals surface area contributed by atoms with Crippen molar-refractivity contribution in [2.45, 2.75) is 26.3 Å². The van der Waals surface area contributed by atoms with Gasteiger partial charge in [0.2, 0.25) is 0 Å². The summed E-state index contributed by atoms with van der Waals surface area (Å²) in [5, 5.41) is 0. The molecular formula is C13H19NO2. The van der Waals surface area contributed by atoms with Crippen molar-refractivity contribution in [2.24, 2.45) is 11.7 Å². The van der Waals surface area contributed by atoms with Crippen molar-refractivity contribution in [1.82, 2.24) is 0 Å². The lowest BCUT2D eigenvalue weighted by Gasteiger charge is -2.14. The first-order valence-electron chi connectivity index (χ1n) is 5.47. The maximum Gasteiger partial charge on any atom is 0.164 e. The molecule has 1 atom stereocenters. The summed E-state index contributed by atoms with van der Waals surface area (Å²) in [4.78, 5) is 11.9. The highest BCUT2D eigenvalue weighted by Crippen LogP contribution is 2.15. The molecule has 1 rings (SSSR count). The minimum absolute atomic E-state index is 0.0695. The molecule has 0 heterocycles. The molecule has 0 bridgehead atoms. The minimum atomic E-state index is -0.0845. The predicted molar refractivity (Wildman–Crippen MR) is 64.8 cm³/mol. The molecule has 0 aliphatic rings. The Bertz CT molecular complexity index is 361. The van der Waals surface area contributed by atoms with E-state index in [2.05, 4.69) is 0 Å². The average molecular weight is 221 g/mol. The molecular weight excluding hydrogens is 202 g/mol. The number of carbonyl (C=O) groups excluding carboxylic acids is 1. The van der Waals surface area contributed by atoms with E-state index in [0.29, 0.717) is 23.7 Å². The number of hydrogen-bond donors (Lipinski definition) is 1. The molecule has 0 radical (unpaired) electrons. The van der Waals surface area contributed by atoms with E-state index in [9.17, 15) is 4.79 Å². The largest absolute Gasteiger partial charge is 0.497 e. The Labute approximate surface area is 96.6 Å². The lowest BCUT2D eigenvalue weighted by Crippen LogP contribution is -2.29. The van der Waals surface area contributed by atoms with Gasteiger partial charge in [-0.25, -0.2) is 0 Å². The van der Waals surface area contributed by atoms with Crippen LogP contribution in [0.3, 0.4) is 0 Å². The molecule has 1 aromatic carbocycles. The van der Waals surface area contributed by atoms with Gasteiger partial charge in [-0.15, -0.1) is 0 Å². The summed E-state index contributed by atoms with van der Waals surface area (Å²) >= 11 is 0.